The lowest BCUT2D eigenvalue weighted by atomic mass is 10.0. The molecule has 38 heavy (non-hydrogen) atoms. The highest BCUT2D eigenvalue weighted by Gasteiger charge is 2.34. The van der Waals surface area contributed by atoms with Crippen LogP contribution in [0.25, 0.3) is 11.6 Å². The highest BCUT2D eigenvalue weighted by Crippen LogP contribution is 2.28. The smallest absolute Gasteiger partial charge is 0.247 e. The van der Waals surface area contributed by atoms with Gasteiger partial charge in [-0.3, -0.25) is 9.59 Å². The lowest BCUT2D eigenvalue weighted by Crippen LogP contribution is -2.46. The quantitative estimate of drug-likeness (QED) is 0.337. The predicted octanol–water partition coefficient (Wildman–Crippen LogP) is 3.67. The van der Waals surface area contributed by atoms with Crippen molar-refractivity contribution in [2.24, 2.45) is 0 Å². The van der Waals surface area contributed by atoms with Gasteiger partial charge in [0.2, 0.25) is 17.6 Å². The number of tetrazole rings is 1. The summed E-state index contributed by atoms with van der Waals surface area (Å²) in [7, 11) is 1.58. The molecule has 0 saturated heterocycles. The fourth-order valence-electron chi connectivity index (χ4n) is 4.68. The second-order valence-electron chi connectivity index (χ2n) is 9.32. The number of carbonyl (C=O) groups is 2. The average molecular weight is 519 g/mol. The molecule has 11 heteroatoms. The summed E-state index contributed by atoms with van der Waals surface area (Å²) >= 11 is 0. The molecule has 2 amide bonds. The maximum absolute atomic E-state index is 13.8. The zero-order chi connectivity index (χ0) is 26.5. The summed E-state index contributed by atoms with van der Waals surface area (Å²) in [6, 6.07) is 13.4. The van der Waals surface area contributed by atoms with Gasteiger partial charge >= 0.3 is 0 Å². The molecule has 1 saturated carbocycles. The Bertz CT molecular complexity index is 1350. The summed E-state index contributed by atoms with van der Waals surface area (Å²) in [5, 5.41) is 15.5. The second kappa shape index (κ2) is 11.3. The topological polar surface area (TPSA) is 129 Å². The molecule has 0 unspecified atom stereocenters. The number of methoxy groups -OCH3 is 1. The fourth-order valence-corrected chi connectivity index (χ4v) is 4.68. The van der Waals surface area contributed by atoms with Gasteiger partial charge in [-0.1, -0.05) is 25.0 Å². The third-order valence-corrected chi connectivity index (χ3v) is 6.61. The van der Waals surface area contributed by atoms with Crippen LogP contribution >= 0.6 is 0 Å². The number of hydrogen-bond donors (Lipinski definition) is 1. The van der Waals surface area contributed by atoms with Gasteiger partial charge in [-0.25, -0.2) is 0 Å². The van der Waals surface area contributed by atoms with E-state index in [-0.39, 0.29) is 36.8 Å². The molecule has 11 nitrogen and oxygen atoms in total. The number of amides is 2. The third kappa shape index (κ3) is 5.77. The molecule has 1 aliphatic rings. The standard InChI is InChI=1S/C27H30N6O5/c1-18-9-14-23(38-18)26-29-31-33(30-26)17-24(34)32(16-22-8-5-15-37-22)25(19-10-12-21(36-2)13-11-19)27(35)28-20-6-3-4-7-20/h5,8-15,20,25H,3-4,6-7,16-17H2,1-2H3,(H,28,35)/t25-/m0/s1. The highest BCUT2D eigenvalue weighted by atomic mass is 16.5. The van der Waals surface area contributed by atoms with Crippen molar-refractivity contribution in [3.05, 3.63) is 71.9 Å². The van der Waals surface area contributed by atoms with Crippen LogP contribution in [0.2, 0.25) is 0 Å². The number of benzene rings is 1. The van der Waals surface area contributed by atoms with Gasteiger partial charge in [0.1, 0.15) is 29.9 Å². The van der Waals surface area contributed by atoms with E-state index in [0.717, 1.165) is 25.7 Å². The number of ether oxygens (including phenoxy) is 1. The SMILES string of the molecule is COc1ccc([C@@H](C(=O)NC2CCCC2)N(Cc2ccco2)C(=O)Cn2nnc(-c3ccc(C)o3)n2)cc1. The molecule has 1 fully saturated rings. The Balaban J connectivity index is 1.45. The van der Waals surface area contributed by atoms with Crippen molar-refractivity contribution in [3.8, 4) is 17.3 Å². The summed E-state index contributed by atoms with van der Waals surface area (Å²) < 4.78 is 16.4. The highest BCUT2D eigenvalue weighted by molar-refractivity contribution is 5.89. The van der Waals surface area contributed by atoms with Crippen LogP contribution in [0.4, 0.5) is 0 Å². The summed E-state index contributed by atoms with van der Waals surface area (Å²) in [5.41, 5.74) is 0.652. The number of aryl methyl sites for hydroxylation is 1. The fraction of sp³-hybridized carbons (Fsp3) is 0.370. The molecule has 3 aromatic heterocycles. The number of rotatable bonds is 10. The van der Waals surface area contributed by atoms with Crippen molar-refractivity contribution in [3.63, 3.8) is 0 Å². The first kappa shape index (κ1) is 25.2. The van der Waals surface area contributed by atoms with Gasteiger partial charge in [-0.2, -0.15) is 4.80 Å². The van der Waals surface area contributed by atoms with Crippen LogP contribution in [0.5, 0.6) is 5.75 Å². The van der Waals surface area contributed by atoms with Crippen LogP contribution in [-0.2, 0) is 22.7 Å². The van der Waals surface area contributed by atoms with Crippen LogP contribution in [0.1, 0.15) is 48.8 Å². The van der Waals surface area contributed by atoms with Gasteiger partial charge in [-0.15, -0.1) is 10.2 Å². The lowest BCUT2D eigenvalue weighted by Gasteiger charge is -2.31. The number of nitrogens with one attached hydrogen (secondary N) is 1. The molecular weight excluding hydrogens is 488 g/mol. The minimum Gasteiger partial charge on any atom is -0.497 e. The Morgan fingerprint density at radius 2 is 1.95 bits per heavy atom. The second-order valence-corrected chi connectivity index (χ2v) is 9.32. The van der Waals surface area contributed by atoms with E-state index in [2.05, 4.69) is 20.7 Å². The summed E-state index contributed by atoms with van der Waals surface area (Å²) in [6.45, 7) is 1.68. The summed E-state index contributed by atoms with van der Waals surface area (Å²) in [5.74, 6) is 2.02. The number of aromatic nitrogens is 4. The molecule has 0 bridgehead atoms. The van der Waals surface area contributed by atoms with Crippen molar-refractivity contribution >= 4 is 11.8 Å². The molecule has 0 aliphatic heterocycles. The third-order valence-electron chi connectivity index (χ3n) is 6.61. The molecular formula is C27H30N6O5. The average Bonchev–Trinajstić information content (AvgIpc) is 3.73. The van der Waals surface area contributed by atoms with E-state index in [4.69, 9.17) is 13.6 Å². The molecule has 1 aliphatic carbocycles. The van der Waals surface area contributed by atoms with E-state index in [1.807, 2.05) is 6.92 Å². The maximum Gasteiger partial charge on any atom is 0.247 e. The Labute approximate surface area is 219 Å². The Morgan fingerprint density at radius 3 is 2.61 bits per heavy atom. The van der Waals surface area contributed by atoms with Crippen molar-refractivity contribution in [2.45, 2.75) is 57.8 Å². The van der Waals surface area contributed by atoms with Gasteiger partial charge < -0.3 is 23.8 Å². The van der Waals surface area contributed by atoms with Gasteiger partial charge in [0.25, 0.3) is 0 Å². The molecule has 1 N–H and O–H groups in total. The van der Waals surface area contributed by atoms with E-state index in [1.165, 1.54) is 16.0 Å². The van der Waals surface area contributed by atoms with Gasteiger partial charge in [0.05, 0.1) is 19.9 Å². The Kier molecular flexibility index (Phi) is 7.52. The Hall–Kier alpha value is -4.41. The van der Waals surface area contributed by atoms with Gasteiger partial charge in [0, 0.05) is 6.04 Å². The molecule has 1 aromatic carbocycles. The van der Waals surface area contributed by atoms with E-state index in [0.29, 0.717) is 28.6 Å². The normalized spacial score (nSPS) is 14.4. The molecule has 0 radical (unpaired) electrons. The first-order valence-corrected chi connectivity index (χ1v) is 12.6. The van der Waals surface area contributed by atoms with Gasteiger partial charge in [0.15, 0.2) is 5.76 Å². The zero-order valence-corrected chi connectivity index (χ0v) is 21.4. The maximum atomic E-state index is 13.8. The van der Waals surface area contributed by atoms with Crippen LogP contribution in [-0.4, -0.2) is 50.1 Å². The van der Waals surface area contributed by atoms with Gasteiger partial charge in [-0.05, 0) is 66.9 Å². The van der Waals surface area contributed by atoms with Crippen molar-refractivity contribution in [2.75, 3.05) is 7.11 Å². The number of hydrogen-bond acceptors (Lipinski definition) is 8. The van der Waals surface area contributed by atoms with Crippen molar-refractivity contribution in [1.29, 1.82) is 0 Å². The predicted molar refractivity (Wildman–Crippen MR) is 136 cm³/mol. The van der Waals surface area contributed by atoms with E-state index < -0.39 is 6.04 Å². The number of nitrogens with zero attached hydrogens (tertiary/aromatic N) is 5. The van der Waals surface area contributed by atoms with Crippen LogP contribution in [0.3, 0.4) is 0 Å². The van der Waals surface area contributed by atoms with Crippen molar-refractivity contribution < 1.29 is 23.2 Å². The first-order chi connectivity index (χ1) is 18.5. The Morgan fingerprint density at radius 1 is 1.16 bits per heavy atom. The minimum atomic E-state index is -0.908. The summed E-state index contributed by atoms with van der Waals surface area (Å²) in [4.78, 5) is 30.2. The largest absolute Gasteiger partial charge is 0.497 e. The van der Waals surface area contributed by atoms with Crippen molar-refractivity contribution in [1.82, 2.24) is 30.4 Å². The van der Waals surface area contributed by atoms with Crippen LogP contribution in [0, 0.1) is 6.92 Å². The summed E-state index contributed by atoms with van der Waals surface area (Å²) in [6.07, 6.45) is 5.52. The van der Waals surface area contributed by atoms with E-state index >= 15 is 0 Å². The van der Waals surface area contributed by atoms with E-state index in [9.17, 15) is 9.59 Å². The van der Waals surface area contributed by atoms with Crippen LogP contribution in [0.15, 0.2) is 63.6 Å². The monoisotopic (exact) mass is 518 g/mol. The van der Waals surface area contributed by atoms with Crippen LogP contribution < -0.4 is 10.1 Å². The zero-order valence-electron chi connectivity index (χ0n) is 21.4. The molecule has 0 spiro atoms. The molecule has 1 atom stereocenters. The first-order valence-electron chi connectivity index (χ1n) is 12.6. The molecule has 3 heterocycles. The minimum absolute atomic E-state index is 0.0829. The number of carbonyl (C=O) groups excluding carboxylic acids is 2. The van der Waals surface area contributed by atoms with E-state index in [1.54, 1.807) is 55.6 Å². The molecule has 4 aromatic rings. The lowest BCUT2D eigenvalue weighted by molar-refractivity contribution is -0.143. The molecule has 5 rings (SSSR count). The molecule has 198 valence electrons. The number of furan rings is 2.